The number of phenols is 1. The maximum atomic E-state index is 12.8. The third-order valence-electron chi connectivity index (χ3n) is 3.66. The van der Waals surface area contributed by atoms with E-state index in [9.17, 15) is 9.90 Å². The van der Waals surface area contributed by atoms with Gasteiger partial charge in [-0.1, -0.05) is 18.2 Å². The third kappa shape index (κ3) is 2.74. The molecule has 2 aromatic carbocycles. The number of carbonyl (C=O) groups excluding carboxylic acids is 1. The summed E-state index contributed by atoms with van der Waals surface area (Å²) in [5.41, 5.74) is 2.67. The number of benzene rings is 2. The molecule has 4 heteroatoms. The molecule has 1 aromatic heterocycles. The van der Waals surface area contributed by atoms with E-state index < -0.39 is 0 Å². The number of Topliss-reactive ketones (excluding diaryl/α,β-unsaturated/α-hetero) is 1. The number of para-hydroxylation sites is 1. The minimum atomic E-state index is -0.192. The molecule has 1 unspecified atom stereocenters. The summed E-state index contributed by atoms with van der Waals surface area (Å²) in [6.07, 6.45) is 0. The van der Waals surface area contributed by atoms with Crippen LogP contribution in [0.3, 0.4) is 0 Å². The summed E-state index contributed by atoms with van der Waals surface area (Å²) >= 11 is 1.50. The molecule has 0 aliphatic rings. The molecular formula is C18H17NO2S. The molecule has 1 heterocycles. The second-order valence-electron chi connectivity index (χ2n) is 5.29. The van der Waals surface area contributed by atoms with Gasteiger partial charge < -0.3 is 10.1 Å². The van der Waals surface area contributed by atoms with Gasteiger partial charge in [0.1, 0.15) is 5.75 Å². The Balaban J connectivity index is 1.88. The van der Waals surface area contributed by atoms with Crippen LogP contribution in [0, 0.1) is 6.92 Å². The van der Waals surface area contributed by atoms with Gasteiger partial charge in [-0.2, -0.15) is 0 Å². The number of hydrogen-bond donors (Lipinski definition) is 2. The number of hydrogen-bond acceptors (Lipinski definition) is 3. The molecule has 3 rings (SSSR count). The number of fused-ring (bicyclic) bond motifs is 1. The highest BCUT2D eigenvalue weighted by molar-refractivity contribution is 8.00. The van der Waals surface area contributed by atoms with Gasteiger partial charge in [-0.15, -0.1) is 11.8 Å². The zero-order valence-electron chi connectivity index (χ0n) is 12.5. The van der Waals surface area contributed by atoms with E-state index in [1.165, 1.54) is 11.8 Å². The molecule has 112 valence electrons. The van der Waals surface area contributed by atoms with Crippen LogP contribution in [0.4, 0.5) is 0 Å². The average molecular weight is 311 g/mol. The summed E-state index contributed by atoms with van der Waals surface area (Å²) in [5.74, 6) is 0.351. The molecule has 0 aliphatic heterocycles. The van der Waals surface area contributed by atoms with Crippen molar-refractivity contribution in [1.29, 1.82) is 0 Å². The van der Waals surface area contributed by atoms with Crippen molar-refractivity contribution in [2.24, 2.45) is 0 Å². The maximum absolute atomic E-state index is 12.8. The highest BCUT2D eigenvalue weighted by Gasteiger charge is 2.22. The summed E-state index contributed by atoms with van der Waals surface area (Å²) in [6, 6.07) is 14.8. The Labute approximate surface area is 133 Å². The molecule has 0 bridgehead atoms. The van der Waals surface area contributed by atoms with Crippen LogP contribution < -0.4 is 0 Å². The first-order chi connectivity index (χ1) is 10.6. The fraction of sp³-hybridized carbons (Fsp3) is 0.167. The molecular weight excluding hydrogens is 294 g/mol. The summed E-state index contributed by atoms with van der Waals surface area (Å²) in [4.78, 5) is 17.1. The maximum Gasteiger partial charge on any atom is 0.178 e. The van der Waals surface area contributed by atoms with E-state index in [0.29, 0.717) is 0 Å². The topological polar surface area (TPSA) is 53.1 Å². The summed E-state index contributed by atoms with van der Waals surface area (Å²) < 4.78 is 0. The number of aromatic hydroxyl groups is 1. The molecule has 0 amide bonds. The molecule has 3 nitrogen and oxygen atoms in total. The van der Waals surface area contributed by atoms with Crippen LogP contribution in [0.2, 0.25) is 0 Å². The van der Waals surface area contributed by atoms with Crippen molar-refractivity contribution in [1.82, 2.24) is 4.98 Å². The van der Waals surface area contributed by atoms with Crippen LogP contribution in [0.1, 0.15) is 23.0 Å². The fourth-order valence-corrected chi connectivity index (χ4v) is 3.51. The van der Waals surface area contributed by atoms with E-state index in [0.717, 1.165) is 27.1 Å². The second kappa shape index (κ2) is 5.89. The minimum absolute atomic E-state index is 0.119. The smallest absolute Gasteiger partial charge is 0.178 e. The first-order valence-corrected chi connectivity index (χ1v) is 8.01. The zero-order valence-corrected chi connectivity index (χ0v) is 13.3. The number of nitrogens with one attached hydrogen (secondary N) is 1. The van der Waals surface area contributed by atoms with Crippen molar-refractivity contribution in [3.8, 4) is 5.75 Å². The number of thioether (sulfide) groups is 1. The largest absolute Gasteiger partial charge is 0.508 e. The summed E-state index contributed by atoms with van der Waals surface area (Å²) in [6.45, 7) is 3.85. The lowest BCUT2D eigenvalue weighted by Crippen LogP contribution is -2.14. The first-order valence-electron chi connectivity index (χ1n) is 7.13. The van der Waals surface area contributed by atoms with Gasteiger partial charge in [0, 0.05) is 27.1 Å². The molecule has 0 aliphatic carbocycles. The van der Waals surface area contributed by atoms with Crippen molar-refractivity contribution < 1.29 is 9.90 Å². The van der Waals surface area contributed by atoms with Gasteiger partial charge in [-0.25, -0.2) is 0 Å². The number of carbonyl (C=O) groups is 1. The molecule has 0 spiro atoms. The highest BCUT2D eigenvalue weighted by atomic mass is 32.2. The van der Waals surface area contributed by atoms with Crippen LogP contribution in [0.5, 0.6) is 5.75 Å². The predicted molar refractivity (Wildman–Crippen MR) is 90.8 cm³/mol. The van der Waals surface area contributed by atoms with Gasteiger partial charge >= 0.3 is 0 Å². The molecule has 22 heavy (non-hydrogen) atoms. The summed E-state index contributed by atoms with van der Waals surface area (Å²) in [5, 5.41) is 10.1. The summed E-state index contributed by atoms with van der Waals surface area (Å²) in [7, 11) is 0. The predicted octanol–water partition coefficient (Wildman–Crippen LogP) is 4.55. The minimum Gasteiger partial charge on any atom is -0.508 e. The molecule has 2 N–H and O–H groups in total. The molecule has 0 saturated carbocycles. The Hall–Kier alpha value is -2.20. The van der Waals surface area contributed by atoms with Crippen molar-refractivity contribution >= 4 is 28.4 Å². The van der Waals surface area contributed by atoms with Gasteiger partial charge in [0.2, 0.25) is 0 Å². The van der Waals surface area contributed by atoms with Crippen LogP contribution in [-0.4, -0.2) is 21.1 Å². The molecule has 0 fully saturated rings. The van der Waals surface area contributed by atoms with Crippen LogP contribution in [0.25, 0.3) is 10.9 Å². The van der Waals surface area contributed by atoms with Gasteiger partial charge in [0.15, 0.2) is 5.78 Å². The molecule has 1 atom stereocenters. The number of ketones is 1. The first kappa shape index (κ1) is 14.7. The van der Waals surface area contributed by atoms with Crippen molar-refractivity contribution in [3.05, 3.63) is 59.8 Å². The van der Waals surface area contributed by atoms with E-state index in [-0.39, 0.29) is 16.8 Å². The fourth-order valence-electron chi connectivity index (χ4n) is 2.58. The number of aromatic amines is 1. The van der Waals surface area contributed by atoms with Crippen LogP contribution >= 0.6 is 11.8 Å². The SMILES string of the molecule is Cc1[nH]c2ccccc2c1C(=O)C(C)Sc1ccc(O)cc1. The molecule has 0 radical (unpaired) electrons. The van der Waals surface area contributed by atoms with Crippen LogP contribution in [0.15, 0.2) is 53.4 Å². The Morgan fingerprint density at radius 2 is 1.82 bits per heavy atom. The van der Waals surface area contributed by atoms with E-state index in [2.05, 4.69) is 4.98 Å². The monoisotopic (exact) mass is 311 g/mol. The Kier molecular flexibility index (Phi) is 3.94. The number of aryl methyl sites for hydroxylation is 1. The van der Waals surface area contributed by atoms with Gasteiger partial charge in [-0.05, 0) is 44.2 Å². The van der Waals surface area contributed by atoms with E-state index in [1.54, 1.807) is 12.1 Å². The Morgan fingerprint density at radius 3 is 2.55 bits per heavy atom. The molecule has 3 aromatic rings. The Bertz CT molecular complexity index is 821. The van der Waals surface area contributed by atoms with Crippen molar-refractivity contribution in [3.63, 3.8) is 0 Å². The number of rotatable bonds is 4. The Morgan fingerprint density at radius 1 is 1.14 bits per heavy atom. The van der Waals surface area contributed by atoms with Crippen LogP contribution in [-0.2, 0) is 0 Å². The average Bonchev–Trinajstić information content (AvgIpc) is 2.84. The normalized spacial score (nSPS) is 12.5. The van der Waals surface area contributed by atoms with Gasteiger partial charge in [0.05, 0.1) is 5.25 Å². The van der Waals surface area contributed by atoms with Gasteiger partial charge in [0.25, 0.3) is 0 Å². The standard InChI is InChI=1S/C18H17NO2S/c1-11-17(15-5-3-4-6-16(15)19-11)18(21)12(2)22-14-9-7-13(20)8-10-14/h3-10,12,19-20H,1-2H3. The number of H-pyrrole nitrogens is 1. The zero-order chi connectivity index (χ0) is 15.7. The van der Waals surface area contributed by atoms with Gasteiger partial charge in [-0.3, -0.25) is 4.79 Å². The van der Waals surface area contributed by atoms with E-state index >= 15 is 0 Å². The van der Waals surface area contributed by atoms with Crippen molar-refractivity contribution in [2.45, 2.75) is 24.0 Å². The van der Waals surface area contributed by atoms with E-state index in [4.69, 9.17) is 0 Å². The second-order valence-corrected chi connectivity index (χ2v) is 6.70. The lowest BCUT2D eigenvalue weighted by atomic mass is 10.1. The third-order valence-corrected chi connectivity index (χ3v) is 4.77. The lowest BCUT2D eigenvalue weighted by Gasteiger charge is -2.10. The molecule has 0 saturated heterocycles. The van der Waals surface area contributed by atoms with Crippen molar-refractivity contribution in [2.75, 3.05) is 0 Å². The number of phenolic OH excluding ortho intramolecular Hbond substituents is 1. The highest BCUT2D eigenvalue weighted by Crippen LogP contribution is 2.30. The number of aromatic nitrogens is 1. The quantitative estimate of drug-likeness (QED) is 0.549. The van der Waals surface area contributed by atoms with E-state index in [1.807, 2.05) is 50.2 Å². The lowest BCUT2D eigenvalue weighted by molar-refractivity contribution is 0.0995.